The van der Waals surface area contributed by atoms with Gasteiger partial charge in [-0.25, -0.2) is 8.78 Å². The molecular weight excluding hydrogens is 515 g/mol. The number of hydrogen-bond acceptors (Lipinski definition) is 5. The monoisotopic (exact) mass is 548 g/mol. The highest BCUT2D eigenvalue weighted by Gasteiger charge is 2.68. The van der Waals surface area contributed by atoms with Crippen molar-refractivity contribution in [2.75, 3.05) is 0 Å². The number of carbonyl (C=O) groups is 4. The summed E-state index contributed by atoms with van der Waals surface area (Å²) in [5, 5.41) is 17.1. The molecule has 38 heavy (non-hydrogen) atoms. The molecule has 1 heterocycles. The molecule has 5 unspecified atom stereocenters. The molecule has 2 saturated carbocycles. The van der Waals surface area contributed by atoms with Crippen LogP contribution in [0.2, 0.25) is 0 Å². The van der Waals surface area contributed by atoms with Gasteiger partial charge >= 0.3 is 6.18 Å². The molecule has 1 spiro atoms. The molecule has 8 nitrogen and oxygen atoms in total. The molecule has 3 rings (SSSR count). The van der Waals surface area contributed by atoms with Crippen molar-refractivity contribution in [2.24, 2.45) is 22.7 Å². The van der Waals surface area contributed by atoms with Crippen molar-refractivity contribution in [3.8, 4) is 6.07 Å². The fourth-order valence-corrected chi connectivity index (χ4v) is 5.04. The average Bonchev–Trinajstić information content (AvgIpc) is 3.58. The SMILES string of the molecule is CC(C)(C)C(CC(=O)C(F)(F)F)C(=O)NC(CC1(C)CC1(F)F)C(=O)NC(C#N)CC1CC2(CC2)NC1=O. The van der Waals surface area contributed by atoms with Crippen LogP contribution in [0.1, 0.15) is 72.6 Å². The normalized spacial score (nSPS) is 27.5. The number of amides is 3. The zero-order chi connectivity index (χ0) is 28.9. The lowest BCUT2D eigenvalue weighted by Crippen LogP contribution is -2.53. The second-order valence-electron chi connectivity index (χ2n) is 12.3. The molecule has 0 aromatic rings. The van der Waals surface area contributed by atoms with Crippen LogP contribution in [0.15, 0.2) is 0 Å². The van der Waals surface area contributed by atoms with Gasteiger partial charge in [-0.1, -0.05) is 27.7 Å². The molecule has 0 bridgehead atoms. The van der Waals surface area contributed by atoms with E-state index in [4.69, 9.17) is 0 Å². The van der Waals surface area contributed by atoms with Crippen molar-refractivity contribution < 1.29 is 41.1 Å². The lowest BCUT2D eigenvalue weighted by atomic mass is 9.77. The third kappa shape index (κ3) is 6.61. The number of alkyl halides is 5. The number of nitrogens with zero attached hydrogens (tertiary/aromatic N) is 1. The molecule has 3 N–H and O–H groups in total. The van der Waals surface area contributed by atoms with Gasteiger partial charge in [0.15, 0.2) is 0 Å². The Morgan fingerprint density at radius 2 is 1.71 bits per heavy atom. The molecule has 3 fully saturated rings. The summed E-state index contributed by atoms with van der Waals surface area (Å²) in [4.78, 5) is 50.1. The van der Waals surface area contributed by atoms with Crippen molar-refractivity contribution in [1.29, 1.82) is 5.26 Å². The Hall–Kier alpha value is -2.78. The summed E-state index contributed by atoms with van der Waals surface area (Å²) >= 11 is 0. The zero-order valence-corrected chi connectivity index (χ0v) is 21.7. The maximum atomic E-state index is 14.0. The number of ketones is 1. The second kappa shape index (κ2) is 9.75. The van der Waals surface area contributed by atoms with E-state index in [-0.39, 0.29) is 17.9 Å². The number of nitriles is 1. The van der Waals surface area contributed by atoms with Crippen molar-refractivity contribution in [2.45, 2.75) is 102 Å². The van der Waals surface area contributed by atoms with Crippen LogP contribution in [0, 0.1) is 34.0 Å². The van der Waals surface area contributed by atoms with E-state index in [1.54, 1.807) is 0 Å². The third-order valence-corrected chi connectivity index (χ3v) is 7.97. The summed E-state index contributed by atoms with van der Waals surface area (Å²) in [6.07, 6.45) is -5.31. The van der Waals surface area contributed by atoms with Gasteiger partial charge in [0, 0.05) is 29.7 Å². The molecule has 13 heteroatoms. The number of rotatable bonds is 10. The van der Waals surface area contributed by atoms with Crippen LogP contribution in [0.25, 0.3) is 0 Å². The van der Waals surface area contributed by atoms with Crippen LogP contribution in [0.4, 0.5) is 22.0 Å². The van der Waals surface area contributed by atoms with Gasteiger partial charge in [-0.05, 0) is 37.5 Å². The van der Waals surface area contributed by atoms with Gasteiger partial charge in [0.05, 0.1) is 12.0 Å². The Balaban J connectivity index is 1.75. The smallest absolute Gasteiger partial charge is 0.350 e. The lowest BCUT2D eigenvalue weighted by Gasteiger charge is -2.32. The molecule has 5 atom stereocenters. The molecule has 1 saturated heterocycles. The number of hydrogen-bond donors (Lipinski definition) is 3. The average molecular weight is 549 g/mol. The minimum Gasteiger partial charge on any atom is -0.350 e. The second-order valence-corrected chi connectivity index (χ2v) is 12.3. The van der Waals surface area contributed by atoms with Crippen molar-refractivity contribution in [3.05, 3.63) is 0 Å². The Kier molecular flexibility index (Phi) is 7.64. The third-order valence-electron chi connectivity index (χ3n) is 7.97. The highest BCUT2D eigenvalue weighted by molar-refractivity contribution is 5.93. The molecule has 2 aliphatic carbocycles. The molecule has 0 radical (unpaired) electrons. The summed E-state index contributed by atoms with van der Waals surface area (Å²) in [6.45, 7) is 5.54. The van der Waals surface area contributed by atoms with Gasteiger partial charge in [0.25, 0.3) is 5.92 Å². The largest absolute Gasteiger partial charge is 0.449 e. The van der Waals surface area contributed by atoms with Gasteiger partial charge in [-0.2, -0.15) is 18.4 Å². The predicted molar refractivity (Wildman–Crippen MR) is 123 cm³/mol. The Labute approximate surface area is 217 Å². The van der Waals surface area contributed by atoms with E-state index in [0.29, 0.717) is 6.42 Å². The molecule has 3 amide bonds. The number of nitrogens with one attached hydrogen (secondary N) is 3. The number of halogens is 5. The highest BCUT2D eigenvalue weighted by Crippen LogP contribution is 2.62. The summed E-state index contributed by atoms with van der Waals surface area (Å²) in [6, 6.07) is -0.886. The molecular formula is C25H33F5N4O4. The molecule has 0 aromatic heterocycles. The fraction of sp³-hybridized carbons (Fsp3) is 0.800. The minimum absolute atomic E-state index is 0.0192. The highest BCUT2D eigenvalue weighted by atomic mass is 19.4. The van der Waals surface area contributed by atoms with Crippen LogP contribution in [0.3, 0.4) is 0 Å². The topological polar surface area (TPSA) is 128 Å². The van der Waals surface area contributed by atoms with Gasteiger partial charge in [0.1, 0.15) is 12.1 Å². The Morgan fingerprint density at radius 1 is 1.13 bits per heavy atom. The van der Waals surface area contributed by atoms with E-state index in [1.807, 2.05) is 6.07 Å². The predicted octanol–water partition coefficient (Wildman–Crippen LogP) is 3.16. The fourth-order valence-electron chi connectivity index (χ4n) is 5.04. The van der Waals surface area contributed by atoms with E-state index < -0.39 is 83.7 Å². The number of Topliss-reactive ketones (excluding diaryl/α,β-unsaturated/α-hetero) is 1. The van der Waals surface area contributed by atoms with E-state index in [0.717, 1.165) is 12.8 Å². The van der Waals surface area contributed by atoms with Gasteiger partial charge in [-0.3, -0.25) is 19.2 Å². The van der Waals surface area contributed by atoms with Crippen LogP contribution in [0.5, 0.6) is 0 Å². The van der Waals surface area contributed by atoms with Crippen molar-refractivity contribution in [3.63, 3.8) is 0 Å². The minimum atomic E-state index is -5.17. The molecule has 212 valence electrons. The van der Waals surface area contributed by atoms with Gasteiger partial charge < -0.3 is 16.0 Å². The van der Waals surface area contributed by atoms with E-state index in [1.165, 1.54) is 27.7 Å². The summed E-state index contributed by atoms with van der Waals surface area (Å²) < 4.78 is 66.7. The quantitative estimate of drug-likeness (QED) is 0.362. The molecule has 0 aromatic carbocycles. The summed E-state index contributed by atoms with van der Waals surface area (Å²) in [5.41, 5.74) is -3.04. The first-order valence-corrected chi connectivity index (χ1v) is 12.5. The molecule has 1 aliphatic heterocycles. The van der Waals surface area contributed by atoms with Crippen molar-refractivity contribution >= 4 is 23.5 Å². The first-order valence-electron chi connectivity index (χ1n) is 12.5. The van der Waals surface area contributed by atoms with Gasteiger partial charge in [-0.15, -0.1) is 0 Å². The van der Waals surface area contributed by atoms with Crippen molar-refractivity contribution in [1.82, 2.24) is 16.0 Å². The van der Waals surface area contributed by atoms with Gasteiger partial charge in [0.2, 0.25) is 23.5 Å². The Morgan fingerprint density at radius 3 is 2.13 bits per heavy atom. The number of carbonyl (C=O) groups excluding carboxylic acids is 4. The van der Waals surface area contributed by atoms with Crippen LogP contribution in [-0.4, -0.2) is 53.2 Å². The maximum absolute atomic E-state index is 14.0. The molecule has 3 aliphatic rings. The van der Waals surface area contributed by atoms with E-state index in [9.17, 15) is 46.4 Å². The van der Waals surface area contributed by atoms with E-state index in [2.05, 4.69) is 16.0 Å². The summed E-state index contributed by atoms with van der Waals surface area (Å²) in [5.74, 6) is -9.55. The van der Waals surface area contributed by atoms with Crippen LogP contribution in [-0.2, 0) is 19.2 Å². The summed E-state index contributed by atoms with van der Waals surface area (Å²) in [7, 11) is 0. The van der Waals surface area contributed by atoms with E-state index >= 15 is 0 Å². The zero-order valence-electron chi connectivity index (χ0n) is 21.7. The first kappa shape index (κ1) is 29.8. The van der Waals surface area contributed by atoms with Crippen LogP contribution < -0.4 is 16.0 Å². The Bertz CT molecular complexity index is 1040. The van der Waals surface area contributed by atoms with Crippen LogP contribution >= 0.6 is 0 Å². The standard InChI is InChI=1S/C25H33F5N4O4/c1-21(2,3)15(8-17(35)25(28,29)30)19(37)33-16(10-22(4)12-24(22,26)27)20(38)32-14(11-31)7-13-9-23(5-6-23)34-18(13)36/h13-16H,5-10,12H2,1-4H3,(H,32,38)(H,33,37)(H,34,36). The first-order chi connectivity index (χ1) is 17.2. The maximum Gasteiger partial charge on any atom is 0.449 e. The lowest BCUT2D eigenvalue weighted by molar-refractivity contribution is -0.173.